The van der Waals surface area contributed by atoms with Crippen LogP contribution in [0, 0.1) is 5.92 Å². The number of aromatic nitrogens is 1. The SMILES string of the molecule is COc1ccc(CCN2CCC(CN(C)C(=O)c3ccc[nH]3)CC2)cc1. The number of nitrogens with zero attached hydrogens (tertiary/aromatic N) is 2. The first-order chi connectivity index (χ1) is 12.7. The van der Waals surface area contributed by atoms with E-state index >= 15 is 0 Å². The van der Waals surface area contributed by atoms with Crippen LogP contribution in [0.2, 0.25) is 0 Å². The van der Waals surface area contributed by atoms with Gasteiger partial charge in [-0.05, 0) is 68.1 Å². The van der Waals surface area contributed by atoms with Crippen LogP contribution >= 0.6 is 0 Å². The second-order valence-corrected chi connectivity index (χ2v) is 7.15. The number of benzene rings is 1. The van der Waals surface area contributed by atoms with Crippen LogP contribution in [-0.2, 0) is 6.42 Å². The Morgan fingerprint density at radius 2 is 1.96 bits per heavy atom. The smallest absolute Gasteiger partial charge is 0.270 e. The summed E-state index contributed by atoms with van der Waals surface area (Å²) in [6.07, 6.45) is 5.18. The molecule has 2 aromatic rings. The molecule has 2 heterocycles. The minimum Gasteiger partial charge on any atom is -0.497 e. The summed E-state index contributed by atoms with van der Waals surface area (Å²) < 4.78 is 5.21. The number of H-pyrrole nitrogens is 1. The molecule has 0 saturated carbocycles. The first-order valence-corrected chi connectivity index (χ1v) is 9.40. The zero-order valence-electron chi connectivity index (χ0n) is 15.8. The second-order valence-electron chi connectivity index (χ2n) is 7.15. The summed E-state index contributed by atoms with van der Waals surface area (Å²) in [5, 5.41) is 0. The van der Waals surface area contributed by atoms with Crippen molar-refractivity contribution in [3.8, 4) is 5.75 Å². The fourth-order valence-corrected chi connectivity index (χ4v) is 3.61. The predicted octanol–water partition coefficient (Wildman–Crippen LogP) is 3.05. The second kappa shape index (κ2) is 8.90. The maximum Gasteiger partial charge on any atom is 0.270 e. The van der Waals surface area contributed by atoms with Gasteiger partial charge in [-0.25, -0.2) is 0 Å². The van der Waals surface area contributed by atoms with Gasteiger partial charge < -0.3 is 19.5 Å². The van der Waals surface area contributed by atoms with Gasteiger partial charge in [-0.1, -0.05) is 12.1 Å². The van der Waals surface area contributed by atoms with E-state index in [1.807, 2.05) is 36.2 Å². The van der Waals surface area contributed by atoms with E-state index in [0.717, 1.165) is 51.2 Å². The molecule has 0 bridgehead atoms. The maximum atomic E-state index is 12.3. The first kappa shape index (κ1) is 18.5. The Bertz CT molecular complexity index is 674. The molecule has 1 aromatic carbocycles. The molecule has 3 rings (SSSR count). The Morgan fingerprint density at radius 1 is 1.23 bits per heavy atom. The van der Waals surface area contributed by atoms with Crippen molar-refractivity contribution in [2.24, 2.45) is 5.92 Å². The third-order valence-corrected chi connectivity index (χ3v) is 5.29. The summed E-state index contributed by atoms with van der Waals surface area (Å²) in [7, 11) is 3.60. The van der Waals surface area contributed by atoms with Crippen LogP contribution in [0.4, 0.5) is 0 Å². The molecule has 1 saturated heterocycles. The predicted molar refractivity (Wildman–Crippen MR) is 104 cm³/mol. The van der Waals surface area contributed by atoms with Crippen molar-refractivity contribution < 1.29 is 9.53 Å². The molecule has 1 N–H and O–H groups in total. The molecular weight excluding hydrogens is 326 g/mol. The summed E-state index contributed by atoms with van der Waals surface area (Å²) in [6.45, 7) is 4.16. The van der Waals surface area contributed by atoms with Crippen molar-refractivity contribution in [2.75, 3.05) is 40.3 Å². The molecule has 5 nitrogen and oxygen atoms in total. The number of carbonyl (C=O) groups is 1. The standard InChI is InChI=1S/C21H29N3O2/c1-23(21(25)20-4-3-12-22-20)16-18-10-14-24(15-11-18)13-9-17-5-7-19(26-2)8-6-17/h3-8,12,18,22H,9-11,13-16H2,1-2H3. The number of aromatic amines is 1. The largest absolute Gasteiger partial charge is 0.497 e. The van der Waals surface area contributed by atoms with Gasteiger partial charge in [0.2, 0.25) is 0 Å². The van der Waals surface area contributed by atoms with Crippen LogP contribution in [0.5, 0.6) is 5.75 Å². The van der Waals surface area contributed by atoms with Crippen LogP contribution in [0.15, 0.2) is 42.6 Å². The Kier molecular flexibility index (Phi) is 6.34. The third-order valence-electron chi connectivity index (χ3n) is 5.29. The number of methoxy groups -OCH3 is 1. The van der Waals surface area contributed by atoms with Gasteiger partial charge in [0.15, 0.2) is 0 Å². The minimum atomic E-state index is 0.0805. The summed E-state index contributed by atoms with van der Waals surface area (Å²) in [4.78, 5) is 19.7. The topological polar surface area (TPSA) is 48.6 Å². The molecular formula is C21H29N3O2. The number of carbonyl (C=O) groups excluding carboxylic acids is 1. The van der Waals surface area contributed by atoms with Crippen molar-refractivity contribution >= 4 is 5.91 Å². The third kappa shape index (κ3) is 4.88. The molecule has 140 valence electrons. The highest BCUT2D eigenvalue weighted by atomic mass is 16.5. The lowest BCUT2D eigenvalue weighted by Gasteiger charge is -2.33. The van der Waals surface area contributed by atoms with Crippen molar-refractivity contribution in [1.82, 2.24) is 14.8 Å². The van der Waals surface area contributed by atoms with Crippen LogP contribution in [-0.4, -0.2) is 61.0 Å². The number of likely N-dealkylation sites (tertiary alicyclic amines) is 1. The van der Waals surface area contributed by atoms with Gasteiger partial charge >= 0.3 is 0 Å². The van der Waals surface area contributed by atoms with Gasteiger partial charge in [-0.2, -0.15) is 0 Å². The Morgan fingerprint density at radius 3 is 2.58 bits per heavy atom. The summed E-state index contributed by atoms with van der Waals surface area (Å²) in [6, 6.07) is 12.0. The highest BCUT2D eigenvalue weighted by Crippen LogP contribution is 2.19. The quantitative estimate of drug-likeness (QED) is 0.830. The Balaban J connectivity index is 1.39. The van der Waals surface area contributed by atoms with Gasteiger partial charge in [0, 0.05) is 26.3 Å². The lowest BCUT2D eigenvalue weighted by atomic mass is 9.96. The Labute approximate surface area is 156 Å². The van der Waals surface area contributed by atoms with Crippen LogP contribution in [0.25, 0.3) is 0 Å². The minimum absolute atomic E-state index is 0.0805. The van der Waals surface area contributed by atoms with E-state index in [1.54, 1.807) is 13.3 Å². The maximum absolute atomic E-state index is 12.3. The first-order valence-electron chi connectivity index (χ1n) is 9.40. The summed E-state index contributed by atoms with van der Waals surface area (Å²) >= 11 is 0. The lowest BCUT2D eigenvalue weighted by Crippen LogP contribution is -2.40. The number of piperidine rings is 1. The van der Waals surface area contributed by atoms with E-state index in [0.29, 0.717) is 11.6 Å². The average Bonchev–Trinajstić information content (AvgIpc) is 3.22. The van der Waals surface area contributed by atoms with Crippen LogP contribution < -0.4 is 4.74 Å². The zero-order valence-corrected chi connectivity index (χ0v) is 15.8. The van der Waals surface area contributed by atoms with Crippen molar-refractivity contribution in [2.45, 2.75) is 19.3 Å². The number of rotatable bonds is 7. The lowest BCUT2D eigenvalue weighted by molar-refractivity contribution is 0.0735. The van der Waals surface area contributed by atoms with E-state index < -0.39 is 0 Å². The average molecular weight is 355 g/mol. The summed E-state index contributed by atoms with van der Waals surface area (Å²) in [5.41, 5.74) is 2.02. The van der Waals surface area contributed by atoms with Crippen LogP contribution in [0.3, 0.4) is 0 Å². The fraction of sp³-hybridized carbons (Fsp3) is 0.476. The molecule has 0 radical (unpaired) electrons. The van der Waals surface area contributed by atoms with Gasteiger partial charge in [0.1, 0.15) is 11.4 Å². The van der Waals surface area contributed by atoms with E-state index in [2.05, 4.69) is 22.0 Å². The van der Waals surface area contributed by atoms with Gasteiger partial charge in [0.25, 0.3) is 5.91 Å². The normalized spacial score (nSPS) is 15.8. The molecule has 0 spiro atoms. The molecule has 0 aliphatic carbocycles. The van der Waals surface area contributed by atoms with E-state index in [4.69, 9.17) is 4.74 Å². The number of ether oxygens (including phenoxy) is 1. The van der Waals surface area contributed by atoms with Crippen molar-refractivity contribution in [3.63, 3.8) is 0 Å². The highest BCUT2D eigenvalue weighted by Gasteiger charge is 2.22. The molecule has 26 heavy (non-hydrogen) atoms. The number of nitrogens with one attached hydrogen (secondary N) is 1. The number of amides is 1. The number of hydrogen-bond donors (Lipinski definition) is 1. The molecule has 1 aliphatic heterocycles. The van der Waals surface area contributed by atoms with Gasteiger partial charge in [-0.3, -0.25) is 4.79 Å². The molecule has 5 heteroatoms. The van der Waals surface area contributed by atoms with Gasteiger partial charge in [-0.15, -0.1) is 0 Å². The molecule has 0 atom stereocenters. The van der Waals surface area contributed by atoms with Gasteiger partial charge in [0.05, 0.1) is 7.11 Å². The fourth-order valence-electron chi connectivity index (χ4n) is 3.61. The van der Waals surface area contributed by atoms with E-state index in [1.165, 1.54) is 5.56 Å². The molecule has 1 fully saturated rings. The monoisotopic (exact) mass is 355 g/mol. The van der Waals surface area contributed by atoms with Crippen LogP contribution in [0.1, 0.15) is 28.9 Å². The molecule has 1 amide bonds. The summed E-state index contributed by atoms with van der Waals surface area (Å²) in [5.74, 6) is 1.58. The highest BCUT2D eigenvalue weighted by molar-refractivity contribution is 5.92. The zero-order chi connectivity index (χ0) is 18.4. The molecule has 0 unspecified atom stereocenters. The van der Waals surface area contributed by atoms with E-state index in [9.17, 15) is 4.79 Å². The molecule has 1 aliphatic rings. The van der Waals surface area contributed by atoms with Crippen molar-refractivity contribution in [1.29, 1.82) is 0 Å². The van der Waals surface area contributed by atoms with Crippen molar-refractivity contribution in [3.05, 3.63) is 53.9 Å². The molecule has 1 aromatic heterocycles. The van der Waals surface area contributed by atoms with E-state index in [-0.39, 0.29) is 5.91 Å². The Hall–Kier alpha value is -2.27. The number of hydrogen-bond acceptors (Lipinski definition) is 3.